The van der Waals surface area contributed by atoms with Gasteiger partial charge in [0.05, 0.1) is 48.4 Å². The van der Waals surface area contributed by atoms with Crippen molar-refractivity contribution in [1.29, 1.82) is 0 Å². The Hall–Kier alpha value is -3.75. The second kappa shape index (κ2) is 15.0. The molecule has 266 valence electrons. The van der Waals surface area contributed by atoms with Gasteiger partial charge in [-0.3, -0.25) is 4.68 Å². The minimum absolute atomic E-state index is 0.0238. The van der Waals surface area contributed by atoms with Gasteiger partial charge in [-0.15, -0.1) is 0 Å². The summed E-state index contributed by atoms with van der Waals surface area (Å²) in [6, 6.07) is 3.27. The number of anilines is 2. The summed E-state index contributed by atoms with van der Waals surface area (Å²) in [6.45, 7) is 7.56. The van der Waals surface area contributed by atoms with Crippen LogP contribution in [0, 0.1) is 12.8 Å². The van der Waals surface area contributed by atoms with E-state index in [1.54, 1.807) is 28.3 Å². The second-order valence-electron chi connectivity index (χ2n) is 12.4. The lowest BCUT2D eigenvalue weighted by Gasteiger charge is -2.33. The van der Waals surface area contributed by atoms with Crippen LogP contribution in [0.1, 0.15) is 73.5 Å². The fourth-order valence-corrected chi connectivity index (χ4v) is 6.71. The van der Waals surface area contributed by atoms with Crippen LogP contribution in [-0.4, -0.2) is 56.4 Å². The molecule has 4 aromatic rings. The smallest absolute Gasteiger partial charge is 0.417 e. The summed E-state index contributed by atoms with van der Waals surface area (Å²) in [4.78, 5) is 18.0. The Balaban J connectivity index is 1.62. The molecule has 1 aliphatic carbocycles. The largest absolute Gasteiger partial charge is 0.489 e. The molecule has 15 heteroatoms. The molecule has 1 atom stereocenters. The van der Waals surface area contributed by atoms with Crippen molar-refractivity contribution in [3.63, 3.8) is 0 Å². The number of pyridine rings is 1. The van der Waals surface area contributed by atoms with Crippen LogP contribution in [0.15, 0.2) is 36.7 Å². The number of rotatable bonds is 13. The number of benzene rings is 1. The first-order chi connectivity index (χ1) is 23.2. The Morgan fingerprint density at radius 2 is 1.69 bits per heavy atom. The molecule has 3 heterocycles. The molecule has 0 aliphatic heterocycles. The predicted octanol–water partition coefficient (Wildman–Crippen LogP) is 8.63. The third-order valence-electron chi connectivity index (χ3n) is 9.06. The van der Waals surface area contributed by atoms with E-state index in [0.717, 1.165) is 47.8 Å². The highest BCUT2D eigenvalue weighted by atomic mass is 32.2. The van der Waals surface area contributed by atoms with E-state index in [9.17, 15) is 26.3 Å². The van der Waals surface area contributed by atoms with E-state index in [1.165, 1.54) is 25.2 Å². The first-order valence-corrected chi connectivity index (χ1v) is 17.7. The number of alkyl halides is 6. The van der Waals surface area contributed by atoms with Gasteiger partial charge in [0.1, 0.15) is 5.82 Å². The quantitative estimate of drug-likeness (QED) is 0.101. The number of hydrogen-bond acceptors (Lipinski definition) is 8. The molecule has 0 saturated heterocycles. The van der Waals surface area contributed by atoms with Gasteiger partial charge >= 0.3 is 12.4 Å². The molecule has 5 rings (SSSR count). The van der Waals surface area contributed by atoms with Gasteiger partial charge < -0.3 is 14.5 Å². The lowest BCUT2D eigenvalue weighted by molar-refractivity contribution is -0.162. The van der Waals surface area contributed by atoms with Gasteiger partial charge in [0, 0.05) is 36.8 Å². The topological polar surface area (TPSA) is 72.2 Å². The molecule has 1 aromatic carbocycles. The Labute approximate surface area is 286 Å². The van der Waals surface area contributed by atoms with Crippen LogP contribution in [0.4, 0.5) is 38.1 Å². The van der Waals surface area contributed by atoms with Gasteiger partial charge in [-0.05, 0) is 69.5 Å². The first-order valence-electron chi connectivity index (χ1n) is 16.3. The van der Waals surface area contributed by atoms with Crippen LogP contribution >= 0.6 is 11.8 Å². The number of halogens is 6. The summed E-state index contributed by atoms with van der Waals surface area (Å²) < 4.78 is 90.5. The van der Waals surface area contributed by atoms with Crippen molar-refractivity contribution in [1.82, 2.24) is 24.7 Å². The fourth-order valence-electron chi connectivity index (χ4n) is 6.46. The molecule has 1 saturated carbocycles. The third-order valence-corrected chi connectivity index (χ3v) is 9.64. The van der Waals surface area contributed by atoms with Gasteiger partial charge in [-0.1, -0.05) is 18.9 Å². The van der Waals surface area contributed by atoms with Crippen LogP contribution in [-0.2, 0) is 25.9 Å². The average Bonchev–Trinajstić information content (AvgIpc) is 3.67. The highest BCUT2D eigenvalue weighted by molar-refractivity contribution is 7.98. The van der Waals surface area contributed by atoms with Crippen LogP contribution in [0.3, 0.4) is 0 Å². The Morgan fingerprint density at radius 1 is 1.02 bits per heavy atom. The normalized spacial score (nSPS) is 14.8. The average molecular weight is 710 g/mol. The summed E-state index contributed by atoms with van der Waals surface area (Å²) in [5.41, 5.74) is -1.23. The SMILES string of the molecule is CCN(CC1CCCC1)c1nc2c(cc1CN(c1ncc(OCCSC)cn1)C(C)c1ccc(C(F)(F)F)c(C(F)(F)F)c1)c(C)nn2C. The third kappa shape index (κ3) is 8.35. The monoisotopic (exact) mass is 709 g/mol. The molecule has 0 radical (unpaired) electrons. The first kappa shape index (κ1) is 36.5. The zero-order chi connectivity index (χ0) is 35.5. The van der Waals surface area contributed by atoms with E-state index < -0.39 is 29.5 Å². The Morgan fingerprint density at radius 3 is 2.31 bits per heavy atom. The van der Waals surface area contributed by atoms with Crippen LogP contribution in [0.5, 0.6) is 5.75 Å². The van der Waals surface area contributed by atoms with E-state index in [0.29, 0.717) is 48.4 Å². The predicted molar refractivity (Wildman–Crippen MR) is 180 cm³/mol. The summed E-state index contributed by atoms with van der Waals surface area (Å²) in [7, 11) is 1.83. The van der Waals surface area contributed by atoms with Crippen molar-refractivity contribution >= 4 is 34.6 Å². The zero-order valence-corrected chi connectivity index (χ0v) is 29.0. The molecular weight excluding hydrogens is 668 g/mol. The minimum atomic E-state index is -5.22. The molecule has 1 aliphatic rings. The summed E-state index contributed by atoms with van der Waals surface area (Å²) in [6.07, 6.45) is -0.877. The lowest BCUT2D eigenvalue weighted by Crippen LogP contribution is -2.33. The number of ether oxygens (including phenoxy) is 1. The number of aromatic nitrogens is 5. The van der Waals surface area contributed by atoms with E-state index >= 15 is 0 Å². The summed E-state index contributed by atoms with van der Waals surface area (Å²) in [5.74, 6) is 2.56. The van der Waals surface area contributed by atoms with Gasteiger partial charge in [0.25, 0.3) is 0 Å². The standard InChI is InChI=1S/C34H41F6N7OS/c1-6-46(19-23-9-7-8-10-23)30-25(15-27-21(2)44-45(4)31(27)43-30)20-47(32-41-17-26(18-42-32)48-13-14-49-5)22(3)24-11-12-28(33(35,36)37)29(16-24)34(38,39)40/h11-12,15-18,22-23H,6-10,13-14,19-20H2,1-5H3. The minimum Gasteiger partial charge on any atom is -0.489 e. The number of nitrogens with zero attached hydrogens (tertiary/aromatic N) is 7. The van der Waals surface area contributed by atoms with E-state index in [-0.39, 0.29) is 18.1 Å². The van der Waals surface area contributed by atoms with Crippen LogP contribution in [0.25, 0.3) is 11.0 Å². The van der Waals surface area contributed by atoms with E-state index in [4.69, 9.17) is 9.72 Å². The summed E-state index contributed by atoms with van der Waals surface area (Å²) in [5, 5.41) is 5.38. The van der Waals surface area contributed by atoms with Crippen molar-refractivity contribution in [3.05, 3.63) is 64.6 Å². The van der Waals surface area contributed by atoms with Crippen molar-refractivity contribution in [3.8, 4) is 5.75 Å². The Kier molecular flexibility index (Phi) is 11.2. The number of thioether (sulfide) groups is 1. The van der Waals surface area contributed by atoms with Gasteiger partial charge in [0.15, 0.2) is 11.4 Å². The molecule has 0 spiro atoms. The van der Waals surface area contributed by atoms with Crippen LogP contribution in [0.2, 0.25) is 0 Å². The molecular formula is C34H41F6N7OS. The molecule has 0 N–H and O–H groups in total. The van der Waals surface area contributed by atoms with Gasteiger partial charge in [0.2, 0.25) is 5.95 Å². The highest BCUT2D eigenvalue weighted by Crippen LogP contribution is 2.42. The van der Waals surface area contributed by atoms with Gasteiger partial charge in [-0.2, -0.15) is 43.2 Å². The maximum absolute atomic E-state index is 14.0. The van der Waals surface area contributed by atoms with Gasteiger partial charge in [-0.25, -0.2) is 15.0 Å². The van der Waals surface area contributed by atoms with Crippen molar-refractivity contribution in [2.45, 2.75) is 71.4 Å². The maximum atomic E-state index is 14.0. The number of hydrogen-bond donors (Lipinski definition) is 0. The van der Waals surface area contributed by atoms with E-state index in [1.807, 2.05) is 26.3 Å². The van der Waals surface area contributed by atoms with E-state index in [2.05, 4.69) is 26.9 Å². The number of fused-ring (bicyclic) bond motifs is 1. The Bertz CT molecular complexity index is 1720. The number of aryl methyl sites for hydroxylation is 2. The molecule has 1 fully saturated rings. The lowest BCUT2D eigenvalue weighted by atomic mass is 9.98. The molecule has 1 unspecified atom stereocenters. The highest BCUT2D eigenvalue weighted by Gasteiger charge is 2.43. The molecule has 3 aromatic heterocycles. The van der Waals surface area contributed by atoms with Crippen molar-refractivity contribution in [2.75, 3.05) is 41.5 Å². The van der Waals surface area contributed by atoms with Crippen LogP contribution < -0.4 is 14.5 Å². The summed E-state index contributed by atoms with van der Waals surface area (Å²) >= 11 is 1.61. The molecule has 8 nitrogen and oxygen atoms in total. The fraction of sp³-hybridized carbons (Fsp3) is 0.529. The van der Waals surface area contributed by atoms with Crippen molar-refractivity contribution < 1.29 is 31.1 Å². The second-order valence-corrected chi connectivity index (χ2v) is 13.4. The van der Waals surface area contributed by atoms with Crippen molar-refractivity contribution in [2.24, 2.45) is 13.0 Å². The zero-order valence-electron chi connectivity index (χ0n) is 28.2. The molecule has 0 amide bonds. The maximum Gasteiger partial charge on any atom is 0.417 e. The molecule has 0 bridgehead atoms. The molecule has 49 heavy (non-hydrogen) atoms.